The summed E-state index contributed by atoms with van der Waals surface area (Å²) in [6, 6.07) is 15.7. The molecule has 0 fully saturated rings. The molecule has 0 aromatic heterocycles. The van der Waals surface area contributed by atoms with Gasteiger partial charge in [0.15, 0.2) is 11.5 Å². The van der Waals surface area contributed by atoms with Crippen LogP contribution in [0.4, 0.5) is 16.2 Å². The predicted octanol–water partition coefficient (Wildman–Crippen LogP) is 6.52. The second kappa shape index (κ2) is 10.7. The molecule has 1 amide bonds. The summed E-state index contributed by atoms with van der Waals surface area (Å²) in [6.45, 7) is 12.2. The zero-order valence-electron chi connectivity index (χ0n) is 19.4. The van der Waals surface area contributed by atoms with Crippen molar-refractivity contribution >= 4 is 17.5 Å². The van der Waals surface area contributed by atoms with Crippen LogP contribution in [0.3, 0.4) is 0 Å². The van der Waals surface area contributed by atoms with Crippen LogP contribution in [0.5, 0.6) is 11.5 Å². The number of hydrogen-bond donors (Lipinski definition) is 1. The van der Waals surface area contributed by atoms with Crippen molar-refractivity contribution < 1.29 is 14.3 Å². The van der Waals surface area contributed by atoms with Crippen LogP contribution in [0.25, 0.3) is 0 Å². The van der Waals surface area contributed by atoms with Gasteiger partial charge in [0.05, 0.1) is 23.0 Å². The first-order valence-electron chi connectivity index (χ1n) is 10.9. The Kier molecular flexibility index (Phi) is 8.32. The Hall–Kier alpha value is -3.20. The third-order valence-electron chi connectivity index (χ3n) is 4.68. The molecule has 2 aromatic rings. The minimum Gasteiger partial charge on any atom is -0.453 e. The first-order chi connectivity index (χ1) is 14.8. The topological polar surface area (TPSA) is 74.6 Å². The summed E-state index contributed by atoms with van der Waals surface area (Å²) in [5, 5.41) is 12.1. The fraction of sp³-hybridized carbons (Fsp3) is 0.440. The molecule has 0 aliphatic carbocycles. The number of fused-ring (bicyclic) bond motifs is 2. The molecule has 31 heavy (non-hydrogen) atoms. The summed E-state index contributed by atoms with van der Waals surface area (Å²) in [7, 11) is 0. The highest BCUT2D eigenvalue weighted by Crippen LogP contribution is 2.48. The fourth-order valence-corrected chi connectivity index (χ4v) is 3.42. The number of alkyl carbamates (subject to hydrolysis) is 1. The van der Waals surface area contributed by atoms with Gasteiger partial charge in [-0.25, -0.2) is 4.79 Å². The standard InChI is InChI=1S/C23H27N3O3.C2H6/c1-5-17(12-13-25-22(27)29-23(2,3)4)26-18-8-6-7-9-20(18)28-21-14-16(15-24)10-11-19(21)26;1-2/h6-11,14,17H,5,12-13H2,1-4H3,(H,25,27);1-2H3. The van der Waals surface area contributed by atoms with Crippen LogP contribution in [-0.2, 0) is 4.74 Å². The Morgan fingerprint density at radius 1 is 1.16 bits per heavy atom. The molecule has 2 aromatic carbocycles. The van der Waals surface area contributed by atoms with Gasteiger partial charge in [0, 0.05) is 18.7 Å². The molecule has 0 spiro atoms. The zero-order chi connectivity index (χ0) is 23.0. The van der Waals surface area contributed by atoms with Crippen LogP contribution >= 0.6 is 0 Å². The normalized spacial score (nSPS) is 12.7. The van der Waals surface area contributed by atoms with Gasteiger partial charge in [0.1, 0.15) is 5.60 Å². The number of benzene rings is 2. The number of nitriles is 1. The number of amides is 1. The lowest BCUT2D eigenvalue weighted by Crippen LogP contribution is -2.38. The highest BCUT2D eigenvalue weighted by molar-refractivity contribution is 5.79. The molecule has 1 heterocycles. The van der Waals surface area contributed by atoms with E-state index in [-0.39, 0.29) is 6.04 Å². The Bertz CT molecular complexity index is 928. The van der Waals surface area contributed by atoms with Crippen molar-refractivity contribution in [2.45, 2.75) is 66.0 Å². The summed E-state index contributed by atoms with van der Waals surface area (Å²) >= 11 is 0. The number of ether oxygens (including phenoxy) is 2. The van der Waals surface area contributed by atoms with Crippen LogP contribution in [0, 0.1) is 11.3 Å². The number of anilines is 2. The van der Waals surface area contributed by atoms with Crippen LogP contribution in [0.15, 0.2) is 42.5 Å². The Balaban J connectivity index is 0.00000166. The number of hydrogen-bond acceptors (Lipinski definition) is 5. The van der Waals surface area contributed by atoms with E-state index in [1.54, 1.807) is 12.1 Å². The Morgan fingerprint density at radius 3 is 2.48 bits per heavy atom. The molecule has 1 atom stereocenters. The van der Waals surface area contributed by atoms with Crippen molar-refractivity contribution in [3.63, 3.8) is 0 Å². The van der Waals surface area contributed by atoms with Crippen molar-refractivity contribution in [2.75, 3.05) is 11.4 Å². The molecule has 0 radical (unpaired) electrons. The van der Waals surface area contributed by atoms with Crippen molar-refractivity contribution in [1.29, 1.82) is 5.26 Å². The van der Waals surface area contributed by atoms with Crippen LogP contribution in [0.1, 0.15) is 59.9 Å². The van der Waals surface area contributed by atoms with Gasteiger partial charge in [-0.2, -0.15) is 5.26 Å². The molecule has 1 unspecified atom stereocenters. The van der Waals surface area contributed by atoms with E-state index in [9.17, 15) is 10.1 Å². The van der Waals surface area contributed by atoms with Gasteiger partial charge < -0.3 is 19.7 Å². The van der Waals surface area contributed by atoms with Gasteiger partial charge in [0.2, 0.25) is 0 Å². The SMILES string of the molecule is CC.CCC(CCNC(=O)OC(C)(C)C)N1c2ccccc2Oc2cc(C#N)ccc21. The zero-order valence-corrected chi connectivity index (χ0v) is 19.4. The Labute approximate surface area is 185 Å². The molecule has 6 heteroatoms. The number of carbonyl (C=O) groups excluding carboxylic acids is 1. The van der Waals surface area contributed by atoms with E-state index in [1.807, 2.05) is 65.0 Å². The van der Waals surface area contributed by atoms with E-state index in [2.05, 4.69) is 23.2 Å². The maximum atomic E-state index is 12.0. The molecule has 166 valence electrons. The van der Waals surface area contributed by atoms with Gasteiger partial charge in [-0.05, 0) is 57.9 Å². The van der Waals surface area contributed by atoms with E-state index >= 15 is 0 Å². The van der Waals surface area contributed by atoms with Crippen molar-refractivity contribution in [1.82, 2.24) is 5.32 Å². The third-order valence-corrected chi connectivity index (χ3v) is 4.68. The molecule has 0 saturated heterocycles. The molecule has 3 rings (SSSR count). The maximum absolute atomic E-state index is 12.0. The first kappa shape index (κ1) is 24.1. The molecule has 0 bridgehead atoms. The summed E-state index contributed by atoms with van der Waals surface area (Å²) in [4.78, 5) is 14.2. The highest BCUT2D eigenvalue weighted by atomic mass is 16.6. The van der Waals surface area contributed by atoms with Gasteiger partial charge >= 0.3 is 6.09 Å². The first-order valence-corrected chi connectivity index (χ1v) is 10.9. The van der Waals surface area contributed by atoms with E-state index in [0.717, 1.165) is 30.0 Å². The second-order valence-electron chi connectivity index (χ2n) is 8.01. The molecule has 6 nitrogen and oxygen atoms in total. The number of nitrogens with zero attached hydrogens (tertiary/aromatic N) is 2. The van der Waals surface area contributed by atoms with Crippen molar-refractivity contribution in [3.05, 3.63) is 48.0 Å². The molecular formula is C25H33N3O3. The van der Waals surface area contributed by atoms with Gasteiger partial charge in [-0.15, -0.1) is 0 Å². The molecule has 0 saturated carbocycles. The van der Waals surface area contributed by atoms with E-state index in [4.69, 9.17) is 9.47 Å². The van der Waals surface area contributed by atoms with Crippen LogP contribution in [0.2, 0.25) is 0 Å². The van der Waals surface area contributed by atoms with Crippen molar-refractivity contribution in [2.24, 2.45) is 0 Å². The third kappa shape index (κ3) is 6.14. The number of carbonyl (C=O) groups is 1. The van der Waals surface area contributed by atoms with Gasteiger partial charge in [-0.1, -0.05) is 32.9 Å². The summed E-state index contributed by atoms with van der Waals surface area (Å²) in [6.07, 6.45) is 1.21. The molecule has 1 N–H and O–H groups in total. The van der Waals surface area contributed by atoms with E-state index in [1.165, 1.54) is 0 Å². The average Bonchev–Trinajstić information content (AvgIpc) is 2.75. The van der Waals surface area contributed by atoms with Gasteiger partial charge in [0.25, 0.3) is 0 Å². The summed E-state index contributed by atoms with van der Waals surface area (Å²) in [5.74, 6) is 1.43. The van der Waals surface area contributed by atoms with Crippen LogP contribution in [-0.4, -0.2) is 24.3 Å². The van der Waals surface area contributed by atoms with E-state index < -0.39 is 11.7 Å². The molecular weight excluding hydrogens is 390 g/mol. The molecule has 1 aliphatic heterocycles. The van der Waals surface area contributed by atoms with Crippen molar-refractivity contribution in [3.8, 4) is 17.6 Å². The highest BCUT2D eigenvalue weighted by Gasteiger charge is 2.29. The molecule has 1 aliphatic rings. The largest absolute Gasteiger partial charge is 0.453 e. The number of para-hydroxylation sites is 2. The minimum absolute atomic E-state index is 0.140. The van der Waals surface area contributed by atoms with Gasteiger partial charge in [-0.3, -0.25) is 0 Å². The van der Waals surface area contributed by atoms with E-state index in [0.29, 0.717) is 17.9 Å². The smallest absolute Gasteiger partial charge is 0.407 e. The lowest BCUT2D eigenvalue weighted by Gasteiger charge is -2.38. The Morgan fingerprint density at radius 2 is 1.84 bits per heavy atom. The lowest BCUT2D eigenvalue weighted by molar-refractivity contribution is 0.0526. The predicted molar refractivity (Wildman–Crippen MR) is 124 cm³/mol. The summed E-state index contributed by atoms with van der Waals surface area (Å²) < 4.78 is 11.4. The maximum Gasteiger partial charge on any atom is 0.407 e. The monoisotopic (exact) mass is 423 g/mol. The summed E-state index contributed by atoms with van der Waals surface area (Å²) in [5.41, 5.74) is 1.94. The number of rotatable bonds is 5. The second-order valence-corrected chi connectivity index (χ2v) is 8.01. The minimum atomic E-state index is -0.519. The fourth-order valence-electron chi connectivity index (χ4n) is 3.42. The van der Waals surface area contributed by atoms with Crippen LogP contribution < -0.4 is 15.0 Å². The lowest BCUT2D eigenvalue weighted by atomic mass is 10.0. The average molecular weight is 424 g/mol. The number of nitrogens with one attached hydrogen (secondary N) is 1. The quantitative estimate of drug-likeness (QED) is 0.592.